The summed E-state index contributed by atoms with van der Waals surface area (Å²) in [6.07, 6.45) is 0.707. The van der Waals surface area contributed by atoms with Gasteiger partial charge in [-0.05, 0) is 26.7 Å². The minimum Gasteiger partial charge on any atom is -0.480 e. The first kappa shape index (κ1) is 11.4. The van der Waals surface area contributed by atoms with Crippen LogP contribution in [-0.4, -0.2) is 32.2 Å². The topological polar surface area (TPSA) is 105 Å². The quantitative estimate of drug-likeness (QED) is 0.731. The lowest BCUT2D eigenvalue weighted by molar-refractivity contribution is -0.147. The molecule has 0 radical (unpaired) electrons. The summed E-state index contributed by atoms with van der Waals surface area (Å²) >= 11 is 0. The third kappa shape index (κ3) is 1.95. The van der Waals surface area contributed by atoms with E-state index in [4.69, 9.17) is 5.11 Å². The molecule has 1 heterocycles. The van der Waals surface area contributed by atoms with Crippen molar-refractivity contribution in [3.63, 3.8) is 0 Å². The van der Waals surface area contributed by atoms with Gasteiger partial charge in [0.15, 0.2) is 0 Å². The van der Waals surface area contributed by atoms with Crippen LogP contribution < -0.4 is 5.32 Å². The molecule has 1 saturated carbocycles. The Morgan fingerprint density at radius 1 is 1.24 bits per heavy atom. The maximum atomic E-state index is 11.7. The number of carboxylic acid groups (broad SMARTS) is 1. The zero-order valence-electron chi connectivity index (χ0n) is 9.52. The number of carboxylic acids is 1. The van der Waals surface area contributed by atoms with Crippen molar-refractivity contribution in [2.24, 2.45) is 5.41 Å². The van der Waals surface area contributed by atoms with Gasteiger partial charge < -0.3 is 5.11 Å². The third-order valence-electron chi connectivity index (χ3n) is 2.91. The Kier molecular flexibility index (Phi) is 2.53. The number of hydrogen-bond acceptors (Lipinski definition) is 5. The first-order chi connectivity index (χ1) is 7.95. The number of amides is 1. The van der Waals surface area contributed by atoms with Gasteiger partial charge in [-0.1, -0.05) is 0 Å². The van der Waals surface area contributed by atoms with Gasteiger partial charge in [-0.25, -0.2) is 4.98 Å². The average molecular weight is 236 g/mol. The van der Waals surface area contributed by atoms with Crippen molar-refractivity contribution in [3.05, 3.63) is 11.4 Å². The average Bonchev–Trinajstić information content (AvgIpc) is 3.04. The SMILES string of the molecule is Cc1nnc(NC(=O)C2(C(=O)O)CC2)nc1C. The highest BCUT2D eigenvalue weighted by Gasteiger charge is 2.57. The van der Waals surface area contributed by atoms with Crippen LogP contribution in [0.5, 0.6) is 0 Å². The lowest BCUT2D eigenvalue weighted by Crippen LogP contribution is -2.32. The normalized spacial score (nSPS) is 16.4. The van der Waals surface area contributed by atoms with E-state index < -0.39 is 17.3 Å². The van der Waals surface area contributed by atoms with Crippen LogP contribution in [0.3, 0.4) is 0 Å². The Morgan fingerprint density at radius 2 is 1.88 bits per heavy atom. The highest BCUT2D eigenvalue weighted by Crippen LogP contribution is 2.46. The second kappa shape index (κ2) is 3.76. The molecule has 7 heteroatoms. The highest BCUT2D eigenvalue weighted by molar-refractivity contribution is 6.10. The van der Waals surface area contributed by atoms with Gasteiger partial charge in [0.1, 0.15) is 5.41 Å². The molecule has 1 fully saturated rings. The van der Waals surface area contributed by atoms with E-state index in [0.717, 1.165) is 0 Å². The van der Waals surface area contributed by atoms with E-state index >= 15 is 0 Å². The molecule has 17 heavy (non-hydrogen) atoms. The highest BCUT2D eigenvalue weighted by atomic mass is 16.4. The molecule has 2 N–H and O–H groups in total. The van der Waals surface area contributed by atoms with E-state index in [1.165, 1.54) is 0 Å². The summed E-state index contributed by atoms with van der Waals surface area (Å²) in [4.78, 5) is 26.7. The molecule has 1 aromatic rings. The Labute approximate surface area is 97.3 Å². The fourth-order valence-electron chi connectivity index (χ4n) is 1.39. The summed E-state index contributed by atoms with van der Waals surface area (Å²) in [5, 5.41) is 18.8. The maximum absolute atomic E-state index is 11.7. The second-order valence-corrected chi connectivity index (χ2v) is 4.15. The van der Waals surface area contributed by atoms with Crippen LogP contribution in [0.15, 0.2) is 0 Å². The van der Waals surface area contributed by atoms with Gasteiger partial charge in [0, 0.05) is 0 Å². The van der Waals surface area contributed by atoms with Gasteiger partial charge in [0.25, 0.3) is 0 Å². The number of carbonyl (C=O) groups excluding carboxylic acids is 1. The molecular formula is C10H12N4O3. The van der Waals surface area contributed by atoms with Crippen LogP contribution in [0.4, 0.5) is 5.95 Å². The Hall–Kier alpha value is -2.05. The predicted molar refractivity (Wildman–Crippen MR) is 57.2 cm³/mol. The minimum atomic E-state index is -1.29. The molecule has 0 aromatic carbocycles. The summed E-state index contributed by atoms with van der Waals surface area (Å²) < 4.78 is 0. The van der Waals surface area contributed by atoms with Gasteiger partial charge in [0.2, 0.25) is 11.9 Å². The summed E-state index contributed by atoms with van der Waals surface area (Å²) in [6, 6.07) is 0. The fourth-order valence-corrected chi connectivity index (χ4v) is 1.39. The number of nitrogens with one attached hydrogen (secondary N) is 1. The van der Waals surface area contributed by atoms with E-state index in [9.17, 15) is 9.59 Å². The number of hydrogen-bond donors (Lipinski definition) is 2. The lowest BCUT2D eigenvalue weighted by Gasteiger charge is -2.09. The third-order valence-corrected chi connectivity index (χ3v) is 2.91. The first-order valence-electron chi connectivity index (χ1n) is 5.18. The Balaban J connectivity index is 2.14. The summed E-state index contributed by atoms with van der Waals surface area (Å²) in [5.74, 6) is -1.63. The molecule has 1 amide bonds. The molecule has 1 aromatic heterocycles. The Bertz CT molecular complexity index is 496. The van der Waals surface area contributed by atoms with Crippen LogP contribution in [0, 0.1) is 19.3 Å². The predicted octanol–water partition coefficient (Wildman–Crippen LogP) is 0.292. The molecule has 0 bridgehead atoms. The van der Waals surface area contributed by atoms with Crippen molar-refractivity contribution in [3.8, 4) is 0 Å². The van der Waals surface area contributed by atoms with Gasteiger partial charge in [-0.2, -0.15) is 5.10 Å². The standard InChI is InChI=1S/C10H12N4O3/c1-5-6(2)13-14-9(11-5)12-7(15)10(3-4-10)8(16)17/h3-4H2,1-2H3,(H,16,17)(H,11,12,14,15). The van der Waals surface area contributed by atoms with Crippen LogP contribution in [0.25, 0.3) is 0 Å². The van der Waals surface area contributed by atoms with Gasteiger partial charge in [-0.3, -0.25) is 14.9 Å². The molecule has 2 rings (SSSR count). The van der Waals surface area contributed by atoms with Crippen molar-refractivity contribution < 1.29 is 14.7 Å². The largest absolute Gasteiger partial charge is 0.480 e. The minimum absolute atomic E-state index is 0.0469. The van der Waals surface area contributed by atoms with Crippen LogP contribution >= 0.6 is 0 Å². The van der Waals surface area contributed by atoms with E-state index in [-0.39, 0.29) is 5.95 Å². The summed E-state index contributed by atoms with van der Waals surface area (Å²) in [5.41, 5.74) is 0.0279. The van der Waals surface area contributed by atoms with E-state index in [0.29, 0.717) is 24.2 Å². The van der Waals surface area contributed by atoms with Crippen molar-refractivity contribution in [1.29, 1.82) is 0 Å². The van der Waals surface area contributed by atoms with Crippen LogP contribution in [-0.2, 0) is 9.59 Å². The second-order valence-electron chi connectivity index (χ2n) is 4.15. The van der Waals surface area contributed by atoms with E-state index in [2.05, 4.69) is 20.5 Å². The van der Waals surface area contributed by atoms with Crippen LogP contribution in [0.2, 0.25) is 0 Å². The van der Waals surface area contributed by atoms with Gasteiger partial charge >= 0.3 is 5.97 Å². The molecule has 7 nitrogen and oxygen atoms in total. The van der Waals surface area contributed by atoms with Crippen molar-refractivity contribution in [1.82, 2.24) is 15.2 Å². The zero-order chi connectivity index (χ0) is 12.6. The van der Waals surface area contributed by atoms with E-state index in [1.54, 1.807) is 13.8 Å². The molecule has 0 saturated heterocycles. The number of carbonyl (C=O) groups is 2. The molecular weight excluding hydrogens is 224 g/mol. The molecule has 1 aliphatic carbocycles. The number of rotatable bonds is 3. The van der Waals surface area contributed by atoms with Crippen LogP contribution in [0.1, 0.15) is 24.2 Å². The smallest absolute Gasteiger partial charge is 0.319 e. The van der Waals surface area contributed by atoms with Gasteiger partial charge in [-0.15, -0.1) is 5.10 Å². The Morgan fingerprint density at radius 3 is 2.35 bits per heavy atom. The molecule has 0 unspecified atom stereocenters. The number of anilines is 1. The van der Waals surface area contributed by atoms with Crippen molar-refractivity contribution in [2.45, 2.75) is 26.7 Å². The summed E-state index contributed by atoms with van der Waals surface area (Å²) in [7, 11) is 0. The molecule has 90 valence electrons. The number of aromatic nitrogens is 3. The fraction of sp³-hybridized carbons (Fsp3) is 0.500. The molecule has 0 spiro atoms. The number of aliphatic carboxylic acids is 1. The monoisotopic (exact) mass is 236 g/mol. The van der Waals surface area contributed by atoms with Crippen molar-refractivity contribution >= 4 is 17.8 Å². The van der Waals surface area contributed by atoms with Crippen molar-refractivity contribution in [2.75, 3.05) is 5.32 Å². The zero-order valence-corrected chi connectivity index (χ0v) is 9.52. The lowest BCUT2D eigenvalue weighted by atomic mass is 10.1. The first-order valence-corrected chi connectivity index (χ1v) is 5.18. The molecule has 1 aliphatic rings. The number of aryl methyl sites for hydroxylation is 2. The summed E-state index contributed by atoms with van der Waals surface area (Å²) in [6.45, 7) is 3.49. The number of nitrogens with zero attached hydrogens (tertiary/aromatic N) is 3. The van der Waals surface area contributed by atoms with E-state index in [1.807, 2.05) is 0 Å². The maximum Gasteiger partial charge on any atom is 0.319 e. The molecule has 0 atom stereocenters. The van der Waals surface area contributed by atoms with Gasteiger partial charge in [0.05, 0.1) is 11.4 Å². The molecule has 0 aliphatic heterocycles.